The summed E-state index contributed by atoms with van der Waals surface area (Å²) in [6.07, 6.45) is 0.0321. The van der Waals surface area contributed by atoms with Crippen molar-refractivity contribution in [2.24, 2.45) is 0 Å². The Balaban J connectivity index is 1.97. The van der Waals surface area contributed by atoms with E-state index in [2.05, 4.69) is 6.58 Å². The van der Waals surface area contributed by atoms with Crippen LogP contribution in [-0.4, -0.2) is 56.8 Å². The molecule has 0 aromatic heterocycles. The van der Waals surface area contributed by atoms with Gasteiger partial charge in [0.25, 0.3) is 0 Å². The van der Waals surface area contributed by atoms with E-state index in [0.717, 1.165) is 0 Å². The molecule has 0 saturated carbocycles. The van der Waals surface area contributed by atoms with E-state index in [4.69, 9.17) is 24.1 Å². The van der Waals surface area contributed by atoms with Crippen LogP contribution in [0.4, 0.5) is 0 Å². The fourth-order valence-corrected chi connectivity index (χ4v) is 0.863. The first kappa shape index (κ1) is 13.0. The predicted molar refractivity (Wildman–Crippen MR) is 53.7 cm³/mol. The molecule has 1 N–H and O–H groups in total. The average molecular weight is 232 g/mol. The molecule has 1 aliphatic rings. The van der Waals surface area contributed by atoms with Crippen LogP contribution in [0.1, 0.15) is 0 Å². The van der Waals surface area contributed by atoms with Crippen molar-refractivity contribution in [1.29, 1.82) is 0 Å². The monoisotopic (exact) mass is 232 g/mol. The Morgan fingerprint density at radius 1 is 1.38 bits per heavy atom. The van der Waals surface area contributed by atoms with E-state index < -0.39 is 5.97 Å². The SMILES string of the molecule is C=C(OCCOCCO)C(=O)OCC1CO1. The zero-order valence-electron chi connectivity index (χ0n) is 9.02. The fourth-order valence-electron chi connectivity index (χ4n) is 0.863. The molecule has 0 amide bonds. The Morgan fingerprint density at radius 2 is 2.12 bits per heavy atom. The fraction of sp³-hybridized carbons (Fsp3) is 0.700. The quantitative estimate of drug-likeness (QED) is 0.189. The molecule has 0 aliphatic carbocycles. The summed E-state index contributed by atoms with van der Waals surface area (Å²) in [5, 5.41) is 8.42. The van der Waals surface area contributed by atoms with E-state index in [0.29, 0.717) is 13.2 Å². The van der Waals surface area contributed by atoms with Gasteiger partial charge in [0.2, 0.25) is 0 Å². The predicted octanol–water partition coefficient (Wildman–Crippen LogP) is -0.532. The molecule has 1 atom stereocenters. The Labute approximate surface area is 93.7 Å². The van der Waals surface area contributed by atoms with Gasteiger partial charge in [-0.2, -0.15) is 0 Å². The number of ether oxygens (including phenoxy) is 4. The second kappa shape index (κ2) is 7.21. The van der Waals surface area contributed by atoms with Crippen molar-refractivity contribution in [3.05, 3.63) is 12.3 Å². The lowest BCUT2D eigenvalue weighted by Crippen LogP contribution is -2.15. The molecule has 1 unspecified atom stereocenters. The van der Waals surface area contributed by atoms with Crippen molar-refractivity contribution >= 4 is 5.97 Å². The van der Waals surface area contributed by atoms with Crippen LogP contribution in [0, 0.1) is 0 Å². The molecule has 0 radical (unpaired) electrons. The minimum Gasteiger partial charge on any atom is -0.485 e. The largest absolute Gasteiger partial charge is 0.485 e. The lowest BCUT2D eigenvalue weighted by atomic mass is 10.5. The van der Waals surface area contributed by atoms with Crippen molar-refractivity contribution in [1.82, 2.24) is 0 Å². The number of hydrogen-bond donors (Lipinski definition) is 1. The lowest BCUT2D eigenvalue weighted by Gasteiger charge is -2.08. The Hall–Kier alpha value is -1.11. The van der Waals surface area contributed by atoms with Gasteiger partial charge < -0.3 is 24.1 Å². The van der Waals surface area contributed by atoms with Gasteiger partial charge in [-0.25, -0.2) is 4.79 Å². The van der Waals surface area contributed by atoms with Crippen LogP contribution in [-0.2, 0) is 23.7 Å². The lowest BCUT2D eigenvalue weighted by molar-refractivity contribution is -0.143. The van der Waals surface area contributed by atoms with Crippen LogP contribution >= 0.6 is 0 Å². The van der Waals surface area contributed by atoms with Crippen molar-refractivity contribution in [3.63, 3.8) is 0 Å². The first-order valence-electron chi connectivity index (χ1n) is 5.03. The van der Waals surface area contributed by atoms with Gasteiger partial charge in [-0.05, 0) is 6.58 Å². The number of carbonyl (C=O) groups excluding carboxylic acids is 1. The summed E-state index contributed by atoms with van der Waals surface area (Å²) in [5.41, 5.74) is 0. The first-order chi connectivity index (χ1) is 7.74. The van der Waals surface area contributed by atoms with Crippen LogP contribution in [0.5, 0.6) is 0 Å². The molecule has 16 heavy (non-hydrogen) atoms. The maximum Gasteiger partial charge on any atom is 0.373 e. The molecule has 0 aromatic carbocycles. The van der Waals surface area contributed by atoms with E-state index in [-0.39, 0.29) is 38.3 Å². The molecular formula is C10H16O6. The molecule has 0 bridgehead atoms. The molecule has 1 heterocycles. The van der Waals surface area contributed by atoms with E-state index in [1.54, 1.807) is 0 Å². The van der Waals surface area contributed by atoms with Crippen molar-refractivity contribution in [2.45, 2.75) is 6.10 Å². The third-order valence-corrected chi connectivity index (χ3v) is 1.77. The number of esters is 1. The van der Waals surface area contributed by atoms with E-state index in [9.17, 15) is 4.79 Å². The number of epoxide rings is 1. The highest BCUT2D eigenvalue weighted by molar-refractivity contribution is 5.85. The minimum absolute atomic E-state index is 0.0321. The van der Waals surface area contributed by atoms with Gasteiger partial charge >= 0.3 is 5.97 Å². The van der Waals surface area contributed by atoms with Gasteiger partial charge in [0, 0.05) is 0 Å². The van der Waals surface area contributed by atoms with Gasteiger partial charge in [0.15, 0.2) is 5.76 Å². The van der Waals surface area contributed by atoms with Crippen molar-refractivity contribution < 1.29 is 28.8 Å². The summed E-state index contributed by atoms with van der Waals surface area (Å²) >= 11 is 0. The van der Waals surface area contributed by atoms with E-state index in [1.165, 1.54) is 0 Å². The topological polar surface area (TPSA) is 77.5 Å². The summed E-state index contributed by atoms with van der Waals surface area (Å²) in [6, 6.07) is 0. The molecule has 1 rings (SSSR count). The number of aliphatic hydroxyl groups is 1. The van der Waals surface area contributed by atoms with Crippen LogP contribution in [0.3, 0.4) is 0 Å². The number of hydrogen-bond acceptors (Lipinski definition) is 6. The summed E-state index contributed by atoms with van der Waals surface area (Å²) in [6.45, 7) is 5.01. The number of rotatable bonds is 9. The van der Waals surface area contributed by atoms with E-state index in [1.807, 2.05) is 0 Å². The van der Waals surface area contributed by atoms with Crippen LogP contribution < -0.4 is 0 Å². The Morgan fingerprint density at radius 3 is 2.75 bits per heavy atom. The molecule has 92 valence electrons. The van der Waals surface area contributed by atoms with Crippen molar-refractivity contribution in [3.8, 4) is 0 Å². The molecule has 6 heteroatoms. The summed E-state index contributed by atoms with van der Waals surface area (Å²) in [5.74, 6) is -0.633. The van der Waals surface area contributed by atoms with Crippen LogP contribution in [0.25, 0.3) is 0 Å². The number of aliphatic hydroxyl groups excluding tert-OH is 1. The van der Waals surface area contributed by atoms with Gasteiger partial charge in [-0.3, -0.25) is 0 Å². The van der Waals surface area contributed by atoms with Crippen molar-refractivity contribution in [2.75, 3.05) is 39.6 Å². The first-order valence-corrected chi connectivity index (χ1v) is 5.03. The highest BCUT2D eigenvalue weighted by Gasteiger charge is 2.25. The minimum atomic E-state index is -0.586. The van der Waals surface area contributed by atoms with Crippen LogP contribution in [0.15, 0.2) is 12.3 Å². The van der Waals surface area contributed by atoms with Gasteiger partial charge in [0.1, 0.15) is 19.3 Å². The number of carbonyl (C=O) groups is 1. The zero-order valence-corrected chi connectivity index (χ0v) is 9.02. The molecule has 1 aliphatic heterocycles. The maximum absolute atomic E-state index is 11.2. The van der Waals surface area contributed by atoms with Crippen LogP contribution in [0.2, 0.25) is 0 Å². The third kappa shape index (κ3) is 5.69. The summed E-state index contributed by atoms with van der Waals surface area (Å²) in [7, 11) is 0. The Kier molecular flexibility index (Phi) is 5.84. The second-order valence-corrected chi connectivity index (χ2v) is 3.16. The third-order valence-electron chi connectivity index (χ3n) is 1.77. The molecule has 1 fully saturated rings. The highest BCUT2D eigenvalue weighted by atomic mass is 16.6. The maximum atomic E-state index is 11.2. The zero-order chi connectivity index (χ0) is 11.8. The molecular weight excluding hydrogens is 216 g/mol. The van der Waals surface area contributed by atoms with Gasteiger partial charge in [0.05, 0.1) is 26.4 Å². The average Bonchev–Trinajstić information content (AvgIpc) is 3.09. The van der Waals surface area contributed by atoms with Gasteiger partial charge in [-0.15, -0.1) is 0 Å². The molecule has 0 aromatic rings. The second-order valence-electron chi connectivity index (χ2n) is 3.16. The molecule has 6 nitrogen and oxygen atoms in total. The Bertz CT molecular complexity index is 235. The normalized spacial score (nSPS) is 17.9. The van der Waals surface area contributed by atoms with Gasteiger partial charge in [-0.1, -0.05) is 0 Å². The highest BCUT2D eigenvalue weighted by Crippen LogP contribution is 2.09. The van der Waals surface area contributed by atoms with E-state index >= 15 is 0 Å². The smallest absolute Gasteiger partial charge is 0.373 e. The summed E-state index contributed by atoms with van der Waals surface area (Å²) < 4.78 is 19.6. The molecule has 0 spiro atoms. The molecule has 1 saturated heterocycles. The summed E-state index contributed by atoms with van der Waals surface area (Å²) in [4.78, 5) is 11.2. The standard InChI is InChI=1S/C10H16O6/c1-8(14-5-4-13-3-2-11)10(12)16-7-9-6-15-9/h9,11H,1-7H2.